The molecule has 2 heterocycles. The van der Waals surface area contributed by atoms with Crippen LogP contribution in [0.4, 0.5) is 5.13 Å². The maximum atomic E-state index is 5.59. The standard InChI is InChI=1S/C16H18N2OS/c1-9-6-5-7-14-15(9)18-16(20-14)17-11(3)13-8-10(2)19-12(13)4/h5-8,11H,1-4H3,(H,17,18). The van der Waals surface area contributed by atoms with Crippen molar-refractivity contribution in [3.63, 3.8) is 0 Å². The average molecular weight is 286 g/mol. The van der Waals surface area contributed by atoms with Crippen LogP contribution in [0.3, 0.4) is 0 Å². The fourth-order valence-electron chi connectivity index (χ4n) is 2.49. The Kier molecular flexibility index (Phi) is 3.26. The molecule has 1 unspecified atom stereocenters. The number of hydrogen-bond acceptors (Lipinski definition) is 4. The van der Waals surface area contributed by atoms with Crippen LogP contribution >= 0.6 is 11.3 Å². The Bertz CT molecular complexity index is 757. The van der Waals surface area contributed by atoms with Crippen molar-refractivity contribution < 1.29 is 4.42 Å². The number of nitrogens with one attached hydrogen (secondary N) is 1. The fourth-order valence-corrected chi connectivity index (χ4v) is 3.52. The lowest BCUT2D eigenvalue weighted by molar-refractivity contribution is 0.500. The molecule has 0 radical (unpaired) electrons. The highest BCUT2D eigenvalue weighted by Gasteiger charge is 2.14. The van der Waals surface area contributed by atoms with Crippen LogP contribution < -0.4 is 5.32 Å². The molecular formula is C16H18N2OS. The van der Waals surface area contributed by atoms with Crippen LogP contribution in [-0.2, 0) is 0 Å². The van der Waals surface area contributed by atoms with E-state index in [1.165, 1.54) is 15.8 Å². The Morgan fingerprint density at radius 3 is 2.70 bits per heavy atom. The molecule has 1 N–H and O–H groups in total. The summed E-state index contributed by atoms with van der Waals surface area (Å²) in [4.78, 5) is 4.69. The number of nitrogens with zero attached hydrogens (tertiary/aromatic N) is 1. The summed E-state index contributed by atoms with van der Waals surface area (Å²) in [6, 6.07) is 8.56. The maximum absolute atomic E-state index is 5.59. The van der Waals surface area contributed by atoms with Crippen molar-refractivity contribution >= 4 is 26.7 Å². The van der Waals surface area contributed by atoms with Crippen molar-refractivity contribution in [2.75, 3.05) is 5.32 Å². The van der Waals surface area contributed by atoms with Crippen LogP contribution in [0.25, 0.3) is 10.2 Å². The van der Waals surface area contributed by atoms with Gasteiger partial charge < -0.3 is 9.73 Å². The van der Waals surface area contributed by atoms with Crippen LogP contribution in [0.2, 0.25) is 0 Å². The molecule has 0 spiro atoms. The topological polar surface area (TPSA) is 38.1 Å². The first-order valence-electron chi connectivity index (χ1n) is 6.74. The largest absolute Gasteiger partial charge is 0.466 e. The first-order chi connectivity index (χ1) is 9.54. The highest BCUT2D eigenvalue weighted by molar-refractivity contribution is 7.22. The summed E-state index contributed by atoms with van der Waals surface area (Å²) in [5.41, 5.74) is 3.50. The number of aryl methyl sites for hydroxylation is 3. The number of furan rings is 1. The number of para-hydroxylation sites is 1. The monoisotopic (exact) mass is 286 g/mol. The highest BCUT2D eigenvalue weighted by atomic mass is 32.1. The zero-order valence-electron chi connectivity index (χ0n) is 12.2. The van der Waals surface area contributed by atoms with Gasteiger partial charge in [0, 0.05) is 5.56 Å². The lowest BCUT2D eigenvalue weighted by Crippen LogP contribution is -2.06. The van der Waals surface area contributed by atoms with Gasteiger partial charge in [-0.25, -0.2) is 4.98 Å². The van der Waals surface area contributed by atoms with Gasteiger partial charge in [-0.05, 0) is 45.4 Å². The number of benzene rings is 1. The van der Waals surface area contributed by atoms with Gasteiger partial charge in [-0.1, -0.05) is 23.5 Å². The third kappa shape index (κ3) is 2.31. The van der Waals surface area contributed by atoms with Crippen molar-refractivity contribution in [1.29, 1.82) is 0 Å². The fraction of sp³-hybridized carbons (Fsp3) is 0.312. The van der Waals surface area contributed by atoms with Crippen molar-refractivity contribution in [3.8, 4) is 0 Å². The number of anilines is 1. The van der Waals surface area contributed by atoms with Gasteiger partial charge in [-0.15, -0.1) is 0 Å². The minimum absolute atomic E-state index is 0.188. The molecule has 4 heteroatoms. The van der Waals surface area contributed by atoms with Crippen molar-refractivity contribution in [2.24, 2.45) is 0 Å². The summed E-state index contributed by atoms with van der Waals surface area (Å²) in [6.45, 7) is 8.21. The SMILES string of the molecule is Cc1cc(C(C)Nc2nc3c(C)cccc3s2)c(C)o1. The number of aromatic nitrogens is 1. The number of hydrogen-bond donors (Lipinski definition) is 1. The number of fused-ring (bicyclic) bond motifs is 1. The van der Waals surface area contributed by atoms with Crippen molar-refractivity contribution in [3.05, 3.63) is 46.9 Å². The van der Waals surface area contributed by atoms with E-state index in [1.807, 2.05) is 13.8 Å². The lowest BCUT2D eigenvalue weighted by Gasteiger charge is -2.11. The third-order valence-electron chi connectivity index (χ3n) is 3.51. The van der Waals surface area contributed by atoms with Crippen molar-refractivity contribution in [1.82, 2.24) is 4.98 Å². The summed E-state index contributed by atoms with van der Waals surface area (Å²) in [5.74, 6) is 1.92. The molecule has 0 amide bonds. The van der Waals surface area contributed by atoms with Crippen LogP contribution in [0, 0.1) is 20.8 Å². The molecule has 0 aliphatic heterocycles. The minimum atomic E-state index is 0.188. The van der Waals surface area contributed by atoms with Gasteiger partial charge in [-0.3, -0.25) is 0 Å². The van der Waals surface area contributed by atoms with Crippen molar-refractivity contribution in [2.45, 2.75) is 33.7 Å². The van der Waals surface area contributed by atoms with E-state index in [2.05, 4.69) is 43.4 Å². The molecular weight excluding hydrogens is 268 g/mol. The normalized spacial score (nSPS) is 12.8. The molecule has 0 aliphatic rings. The van der Waals surface area contributed by atoms with Gasteiger partial charge in [-0.2, -0.15) is 0 Å². The van der Waals surface area contributed by atoms with Gasteiger partial charge in [0.05, 0.1) is 16.3 Å². The van der Waals surface area contributed by atoms with Crippen LogP contribution in [0.1, 0.15) is 35.6 Å². The summed E-state index contributed by atoms with van der Waals surface area (Å²) in [7, 11) is 0. The van der Waals surface area contributed by atoms with Gasteiger partial charge >= 0.3 is 0 Å². The second-order valence-electron chi connectivity index (χ2n) is 5.18. The van der Waals surface area contributed by atoms with Crippen LogP contribution in [0.5, 0.6) is 0 Å². The summed E-state index contributed by atoms with van der Waals surface area (Å²) < 4.78 is 6.82. The third-order valence-corrected chi connectivity index (χ3v) is 4.46. The molecule has 3 rings (SSSR count). The molecule has 0 bridgehead atoms. The molecule has 2 aromatic heterocycles. The molecule has 1 aromatic carbocycles. The number of rotatable bonds is 3. The second kappa shape index (κ2) is 4.94. The molecule has 0 saturated carbocycles. The minimum Gasteiger partial charge on any atom is -0.466 e. The first kappa shape index (κ1) is 13.2. The predicted octanol–water partition coefficient (Wildman–Crippen LogP) is 4.99. The van der Waals surface area contributed by atoms with Crippen LogP contribution in [-0.4, -0.2) is 4.98 Å². The number of thiazole rings is 1. The van der Waals surface area contributed by atoms with E-state index in [9.17, 15) is 0 Å². The first-order valence-corrected chi connectivity index (χ1v) is 7.56. The predicted molar refractivity (Wildman–Crippen MR) is 84.6 cm³/mol. The Labute approximate surface area is 122 Å². The van der Waals surface area contributed by atoms with E-state index in [-0.39, 0.29) is 6.04 Å². The van der Waals surface area contributed by atoms with E-state index in [1.54, 1.807) is 11.3 Å². The van der Waals surface area contributed by atoms with Crippen LogP contribution in [0.15, 0.2) is 28.7 Å². The van der Waals surface area contributed by atoms with Gasteiger partial charge in [0.25, 0.3) is 0 Å². The summed E-state index contributed by atoms with van der Waals surface area (Å²) >= 11 is 1.69. The molecule has 0 saturated heterocycles. The highest BCUT2D eigenvalue weighted by Crippen LogP contribution is 2.31. The average Bonchev–Trinajstić information content (AvgIpc) is 2.93. The molecule has 0 aliphatic carbocycles. The molecule has 1 atom stereocenters. The van der Waals surface area contributed by atoms with E-state index in [0.29, 0.717) is 0 Å². The Balaban J connectivity index is 1.89. The van der Waals surface area contributed by atoms with Gasteiger partial charge in [0.2, 0.25) is 0 Å². The zero-order valence-corrected chi connectivity index (χ0v) is 13.0. The second-order valence-corrected chi connectivity index (χ2v) is 6.21. The molecule has 3 nitrogen and oxygen atoms in total. The zero-order chi connectivity index (χ0) is 14.3. The maximum Gasteiger partial charge on any atom is 0.184 e. The molecule has 0 fully saturated rings. The van der Waals surface area contributed by atoms with E-state index >= 15 is 0 Å². The molecule has 20 heavy (non-hydrogen) atoms. The Morgan fingerprint density at radius 2 is 2.05 bits per heavy atom. The Hall–Kier alpha value is -1.81. The molecule has 3 aromatic rings. The van der Waals surface area contributed by atoms with Gasteiger partial charge in [0.15, 0.2) is 5.13 Å². The molecule has 104 valence electrons. The quantitative estimate of drug-likeness (QED) is 0.737. The Morgan fingerprint density at radius 1 is 1.25 bits per heavy atom. The summed E-state index contributed by atoms with van der Waals surface area (Å²) in [6.07, 6.45) is 0. The smallest absolute Gasteiger partial charge is 0.184 e. The van der Waals surface area contributed by atoms with E-state index < -0.39 is 0 Å². The van der Waals surface area contributed by atoms with E-state index in [0.717, 1.165) is 22.2 Å². The lowest BCUT2D eigenvalue weighted by atomic mass is 10.1. The van der Waals surface area contributed by atoms with Gasteiger partial charge in [0.1, 0.15) is 11.5 Å². The van der Waals surface area contributed by atoms with E-state index in [4.69, 9.17) is 9.40 Å². The summed E-state index contributed by atoms with van der Waals surface area (Å²) in [5, 5.41) is 4.43.